The number of hydrogen-bond donors (Lipinski definition) is 1. The summed E-state index contributed by atoms with van der Waals surface area (Å²) in [7, 11) is 0. The minimum atomic E-state index is 0.579. The van der Waals surface area contributed by atoms with Crippen LogP contribution in [-0.4, -0.2) is 19.6 Å². The number of hydrogen-bond acceptors (Lipinski definition) is 2. The lowest BCUT2D eigenvalue weighted by molar-refractivity contribution is 0.156. The molecule has 0 aromatic heterocycles. The Labute approximate surface area is 117 Å². The molecule has 1 saturated carbocycles. The molecule has 19 heavy (non-hydrogen) atoms. The number of nitrogens with zero attached hydrogens (tertiary/aromatic N) is 1. The van der Waals surface area contributed by atoms with Crippen molar-refractivity contribution in [2.45, 2.75) is 45.6 Å². The van der Waals surface area contributed by atoms with E-state index in [0.717, 1.165) is 6.54 Å². The Kier molecular flexibility index (Phi) is 3.79. The quantitative estimate of drug-likeness (QED) is 0.868. The smallest absolute Gasteiger partial charge is 0.0366 e. The second-order valence-electron chi connectivity index (χ2n) is 6.63. The van der Waals surface area contributed by atoms with E-state index in [-0.39, 0.29) is 0 Å². The molecule has 1 aromatic rings. The van der Waals surface area contributed by atoms with E-state index in [1.807, 2.05) is 0 Å². The summed E-state index contributed by atoms with van der Waals surface area (Å²) >= 11 is 0. The molecule has 1 saturated heterocycles. The molecule has 0 unspecified atom stereocenters. The summed E-state index contributed by atoms with van der Waals surface area (Å²) in [6.45, 7) is 7.04. The normalized spacial score (nSPS) is 21.4. The number of benzene rings is 1. The minimum absolute atomic E-state index is 0.579. The fourth-order valence-corrected chi connectivity index (χ4v) is 3.27. The Morgan fingerprint density at radius 3 is 2.32 bits per heavy atom. The fourth-order valence-electron chi connectivity index (χ4n) is 3.27. The second-order valence-corrected chi connectivity index (χ2v) is 6.63. The highest BCUT2D eigenvalue weighted by Gasteiger charge is 2.30. The van der Waals surface area contributed by atoms with Gasteiger partial charge in [0.15, 0.2) is 0 Å². The predicted octanol–water partition coefficient (Wildman–Crippen LogP) is 3.57. The molecule has 104 valence electrons. The average molecular weight is 258 g/mol. The van der Waals surface area contributed by atoms with Crippen molar-refractivity contribution in [3.05, 3.63) is 29.8 Å². The van der Waals surface area contributed by atoms with Gasteiger partial charge in [0, 0.05) is 31.9 Å². The molecule has 2 nitrogen and oxygen atoms in total. The van der Waals surface area contributed by atoms with Gasteiger partial charge in [-0.1, -0.05) is 25.5 Å². The molecule has 0 spiro atoms. The first-order valence-corrected chi connectivity index (χ1v) is 7.80. The fraction of sp³-hybridized carbons (Fsp3) is 0.647. The van der Waals surface area contributed by atoms with E-state index < -0.39 is 0 Å². The van der Waals surface area contributed by atoms with Gasteiger partial charge in [0.25, 0.3) is 0 Å². The molecule has 2 heteroatoms. The number of nitrogens with one attached hydrogen (secondary N) is 1. The highest BCUT2D eigenvalue weighted by molar-refractivity contribution is 5.48. The third-order valence-corrected chi connectivity index (χ3v) is 4.85. The molecule has 0 bridgehead atoms. The SMILES string of the molecule is CC1(CNCc2ccc(N3CCCC3)cc2)CCC1. The molecule has 2 fully saturated rings. The standard InChI is InChI=1S/C17H26N2/c1-17(9-4-10-17)14-18-13-15-5-7-16(8-6-15)19-11-2-3-12-19/h5-8,18H,2-4,9-14H2,1H3. The van der Waals surface area contributed by atoms with Crippen molar-refractivity contribution in [3.8, 4) is 0 Å². The molecule has 1 N–H and O–H groups in total. The van der Waals surface area contributed by atoms with Gasteiger partial charge in [-0.2, -0.15) is 0 Å². The maximum atomic E-state index is 3.62. The molecule has 1 aliphatic heterocycles. The highest BCUT2D eigenvalue weighted by Crippen LogP contribution is 2.39. The van der Waals surface area contributed by atoms with Gasteiger partial charge in [0.1, 0.15) is 0 Å². The van der Waals surface area contributed by atoms with Crippen molar-refractivity contribution < 1.29 is 0 Å². The van der Waals surface area contributed by atoms with Crippen LogP contribution in [0.4, 0.5) is 5.69 Å². The van der Waals surface area contributed by atoms with E-state index in [1.165, 1.54) is 63.0 Å². The Bertz CT molecular complexity index is 400. The topological polar surface area (TPSA) is 15.3 Å². The zero-order chi connectivity index (χ0) is 13.1. The monoisotopic (exact) mass is 258 g/mol. The maximum absolute atomic E-state index is 3.62. The molecule has 0 atom stereocenters. The molecule has 0 amide bonds. The first kappa shape index (κ1) is 13.0. The Morgan fingerprint density at radius 2 is 1.74 bits per heavy atom. The molecule has 1 heterocycles. The average Bonchev–Trinajstić information content (AvgIpc) is 2.91. The van der Waals surface area contributed by atoms with Crippen LogP contribution < -0.4 is 10.2 Å². The largest absolute Gasteiger partial charge is 0.372 e. The maximum Gasteiger partial charge on any atom is 0.0366 e. The van der Waals surface area contributed by atoms with Crippen LogP contribution in [0, 0.1) is 5.41 Å². The summed E-state index contributed by atoms with van der Waals surface area (Å²) < 4.78 is 0. The molecule has 3 rings (SSSR count). The van der Waals surface area contributed by atoms with Gasteiger partial charge < -0.3 is 10.2 Å². The Morgan fingerprint density at radius 1 is 1.05 bits per heavy atom. The lowest BCUT2D eigenvalue weighted by Crippen LogP contribution is -2.36. The van der Waals surface area contributed by atoms with Gasteiger partial charge in [-0.3, -0.25) is 0 Å². The molecular weight excluding hydrogens is 232 g/mol. The number of anilines is 1. The van der Waals surface area contributed by atoms with Crippen molar-refractivity contribution in [2.75, 3.05) is 24.5 Å². The van der Waals surface area contributed by atoms with Gasteiger partial charge in [0.2, 0.25) is 0 Å². The summed E-state index contributed by atoms with van der Waals surface area (Å²) in [4.78, 5) is 2.49. The summed E-state index contributed by atoms with van der Waals surface area (Å²) in [5, 5.41) is 3.62. The zero-order valence-electron chi connectivity index (χ0n) is 12.1. The third kappa shape index (κ3) is 3.11. The number of rotatable bonds is 5. The molecular formula is C17H26N2. The van der Waals surface area contributed by atoms with Gasteiger partial charge in [-0.25, -0.2) is 0 Å². The molecule has 0 radical (unpaired) electrons. The summed E-state index contributed by atoms with van der Waals surface area (Å²) in [5.74, 6) is 0. The Balaban J connectivity index is 1.48. The third-order valence-electron chi connectivity index (χ3n) is 4.85. The van der Waals surface area contributed by atoms with E-state index in [9.17, 15) is 0 Å². The first-order chi connectivity index (χ1) is 9.25. The van der Waals surface area contributed by atoms with Gasteiger partial charge in [0.05, 0.1) is 0 Å². The minimum Gasteiger partial charge on any atom is -0.372 e. The van der Waals surface area contributed by atoms with Crippen molar-refractivity contribution in [3.63, 3.8) is 0 Å². The van der Waals surface area contributed by atoms with E-state index in [4.69, 9.17) is 0 Å². The van der Waals surface area contributed by atoms with Crippen LogP contribution in [0.1, 0.15) is 44.6 Å². The highest BCUT2D eigenvalue weighted by atomic mass is 15.1. The lowest BCUT2D eigenvalue weighted by atomic mass is 9.70. The summed E-state index contributed by atoms with van der Waals surface area (Å²) in [5.41, 5.74) is 3.38. The second kappa shape index (κ2) is 5.54. The van der Waals surface area contributed by atoms with Crippen molar-refractivity contribution in [1.29, 1.82) is 0 Å². The van der Waals surface area contributed by atoms with E-state index >= 15 is 0 Å². The summed E-state index contributed by atoms with van der Waals surface area (Å²) in [6.07, 6.45) is 6.91. The van der Waals surface area contributed by atoms with Crippen molar-refractivity contribution >= 4 is 5.69 Å². The first-order valence-electron chi connectivity index (χ1n) is 7.80. The van der Waals surface area contributed by atoms with Gasteiger partial charge >= 0.3 is 0 Å². The molecule has 1 aromatic carbocycles. The van der Waals surface area contributed by atoms with Crippen molar-refractivity contribution in [2.24, 2.45) is 5.41 Å². The molecule has 2 aliphatic rings. The zero-order valence-corrected chi connectivity index (χ0v) is 12.1. The van der Waals surface area contributed by atoms with E-state index in [0.29, 0.717) is 5.41 Å². The summed E-state index contributed by atoms with van der Waals surface area (Å²) in [6, 6.07) is 9.13. The van der Waals surface area contributed by atoms with E-state index in [1.54, 1.807) is 0 Å². The van der Waals surface area contributed by atoms with Crippen LogP contribution in [-0.2, 0) is 6.54 Å². The van der Waals surface area contributed by atoms with Crippen LogP contribution in [0.25, 0.3) is 0 Å². The van der Waals surface area contributed by atoms with Crippen molar-refractivity contribution in [1.82, 2.24) is 5.32 Å². The lowest BCUT2D eigenvalue weighted by Gasteiger charge is -2.38. The van der Waals surface area contributed by atoms with Crippen LogP contribution in [0.15, 0.2) is 24.3 Å². The van der Waals surface area contributed by atoms with Crippen LogP contribution in [0.3, 0.4) is 0 Å². The van der Waals surface area contributed by atoms with Gasteiger partial charge in [-0.15, -0.1) is 0 Å². The molecule has 1 aliphatic carbocycles. The van der Waals surface area contributed by atoms with Gasteiger partial charge in [-0.05, 0) is 48.8 Å². The van der Waals surface area contributed by atoms with E-state index in [2.05, 4.69) is 41.4 Å². The Hall–Kier alpha value is -1.02. The van der Waals surface area contributed by atoms with Crippen LogP contribution >= 0.6 is 0 Å². The predicted molar refractivity (Wildman–Crippen MR) is 81.6 cm³/mol. The van der Waals surface area contributed by atoms with Crippen LogP contribution in [0.5, 0.6) is 0 Å². The van der Waals surface area contributed by atoms with Crippen LogP contribution in [0.2, 0.25) is 0 Å².